The van der Waals surface area contributed by atoms with Crippen molar-refractivity contribution < 1.29 is 33.0 Å². The van der Waals surface area contributed by atoms with Crippen molar-refractivity contribution in [3.05, 3.63) is 114 Å². The number of rotatable bonds is 14. The van der Waals surface area contributed by atoms with E-state index in [-0.39, 0.29) is 18.4 Å². The fraction of sp³-hybridized carbons (Fsp3) is 0.200. The van der Waals surface area contributed by atoms with Gasteiger partial charge in [0.1, 0.15) is 23.8 Å². The fourth-order valence-corrected chi connectivity index (χ4v) is 5.50. The molecule has 10 nitrogen and oxygen atoms in total. The smallest absolute Gasteiger partial charge is 0.252 e. The van der Waals surface area contributed by atoms with E-state index in [4.69, 9.17) is 5.73 Å². The molecule has 12 heteroatoms. The summed E-state index contributed by atoms with van der Waals surface area (Å²) in [7, 11) is -4.41. The van der Waals surface area contributed by atoms with Gasteiger partial charge < -0.3 is 26.6 Å². The van der Waals surface area contributed by atoms with Crippen LogP contribution in [0.15, 0.2) is 91.0 Å². The van der Waals surface area contributed by atoms with Gasteiger partial charge in [-0.05, 0) is 35.7 Å². The summed E-state index contributed by atoms with van der Waals surface area (Å²) in [4.78, 5) is 60.4. The number of carbonyl (C=O) groups excluding carboxylic acids is 4. The fourth-order valence-electron chi connectivity index (χ4n) is 3.94. The van der Waals surface area contributed by atoms with Crippen molar-refractivity contribution in [2.24, 2.45) is 5.73 Å². The van der Waals surface area contributed by atoms with Crippen molar-refractivity contribution in [3.8, 4) is 0 Å². The second-order valence-corrected chi connectivity index (χ2v) is 11.9. The lowest BCUT2D eigenvalue weighted by atomic mass is 10.1. The van der Waals surface area contributed by atoms with Crippen LogP contribution in [0, 0.1) is 5.82 Å². The topological polar surface area (TPSA) is 168 Å². The minimum absolute atomic E-state index is 0.0585. The Labute approximate surface area is 242 Å². The molecule has 0 saturated carbocycles. The molecule has 0 aliphatic carbocycles. The largest absolute Gasteiger partial charge is 0.368 e. The maximum Gasteiger partial charge on any atom is 0.252 e. The van der Waals surface area contributed by atoms with Crippen molar-refractivity contribution >= 4 is 37.1 Å². The van der Waals surface area contributed by atoms with Gasteiger partial charge in [0, 0.05) is 12.0 Å². The van der Waals surface area contributed by atoms with E-state index in [1.54, 1.807) is 42.5 Å². The number of nitrogens with two attached hydrogens (primary N) is 1. The number of benzene rings is 3. The quantitative estimate of drug-likeness (QED) is 0.180. The maximum atomic E-state index is 13.6. The first-order chi connectivity index (χ1) is 20.0. The summed E-state index contributed by atoms with van der Waals surface area (Å²) in [5.41, 5.74) is 6.85. The van der Waals surface area contributed by atoms with Crippen molar-refractivity contribution in [1.29, 1.82) is 0 Å². The Hall–Kier alpha value is -4.60. The number of hydrogen-bond donors (Lipinski definition) is 5. The first-order valence-corrected chi connectivity index (χ1v) is 14.9. The van der Waals surface area contributed by atoms with Crippen LogP contribution < -0.4 is 21.7 Å². The number of primary amides is 1. The number of nitrogens with one attached hydrogen (secondary N) is 3. The van der Waals surface area contributed by atoms with E-state index in [2.05, 4.69) is 16.0 Å². The van der Waals surface area contributed by atoms with Crippen LogP contribution in [0.2, 0.25) is 0 Å². The SMILES string of the molecule is NC(=O)[C@H](CC=Cc1ccccc1)NC(=O)CNC(=O)CP(=O)(O)C(Cc1ccccc1)NC(=O)c1cccc(F)c1. The molecule has 4 amide bonds. The summed E-state index contributed by atoms with van der Waals surface area (Å²) in [6.07, 6.45) is 2.57. The molecule has 0 fully saturated rings. The Kier molecular flexibility index (Phi) is 11.7. The Bertz CT molecular complexity index is 1470. The highest BCUT2D eigenvalue weighted by Crippen LogP contribution is 2.46. The van der Waals surface area contributed by atoms with Gasteiger partial charge in [0.15, 0.2) is 0 Å². The standard InChI is InChI=1S/C30H32FN4O6P/c31-24-15-8-14-23(18-24)30(39)35-28(17-22-11-5-2-6-12-22)42(40,41)20-27(37)33-19-26(36)34-25(29(32)38)16-7-13-21-9-3-1-4-10-21/h1-15,18,25,28H,16-17,19-20H2,(H2,32,38)(H,33,37)(H,34,36)(H,35,39)(H,40,41)/t25-,28?/m0/s1. The average molecular weight is 595 g/mol. The molecule has 3 atom stereocenters. The number of amides is 4. The molecule has 0 bridgehead atoms. The molecule has 3 aromatic rings. The highest BCUT2D eigenvalue weighted by atomic mass is 31.2. The summed E-state index contributed by atoms with van der Waals surface area (Å²) in [5, 5.41) is 7.14. The van der Waals surface area contributed by atoms with E-state index in [0.29, 0.717) is 5.56 Å². The minimum Gasteiger partial charge on any atom is -0.368 e. The maximum absolute atomic E-state index is 13.6. The van der Waals surface area contributed by atoms with Crippen molar-refractivity contribution in [3.63, 3.8) is 0 Å². The molecule has 0 saturated heterocycles. The van der Waals surface area contributed by atoms with Gasteiger partial charge in [0.05, 0.1) is 6.54 Å². The molecule has 6 N–H and O–H groups in total. The lowest BCUT2D eigenvalue weighted by Gasteiger charge is -2.24. The molecule has 0 radical (unpaired) electrons. The van der Waals surface area contributed by atoms with E-state index < -0.39 is 61.3 Å². The molecular weight excluding hydrogens is 562 g/mol. The second kappa shape index (κ2) is 15.4. The molecule has 3 rings (SSSR count). The van der Waals surface area contributed by atoms with Crippen molar-refractivity contribution in [2.45, 2.75) is 24.7 Å². The highest BCUT2D eigenvalue weighted by Gasteiger charge is 2.35. The Morgan fingerprint density at radius 1 is 0.905 bits per heavy atom. The molecule has 0 spiro atoms. The lowest BCUT2D eigenvalue weighted by molar-refractivity contribution is -0.128. The second-order valence-electron chi connectivity index (χ2n) is 9.45. The Balaban J connectivity index is 1.60. The predicted octanol–water partition coefficient (Wildman–Crippen LogP) is 2.58. The monoisotopic (exact) mass is 594 g/mol. The Morgan fingerprint density at radius 3 is 2.21 bits per heavy atom. The molecule has 42 heavy (non-hydrogen) atoms. The van der Waals surface area contributed by atoms with Crippen molar-refractivity contribution in [2.75, 3.05) is 12.7 Å². The molecule has 0 heterocycles. The predicted molar refractivity (Wildman–Crippen MR) is 157 cm³/mol. The molecule has 2 unspecified atom stereocenters. The minimum atomic E-state index is -4.41. The summed E-state index contributed by atoms with van der Waals surface area (Å²) in [6.45, 7) is -0.579. The molecule has 3 aromatic carbocycles. The summed E-state index contributed by atoms with van der Waals surface area (Å²) in [5.74, 6) is -5.25. The van der Waals surface area contributed by atoms with Gasteiger partial charge in [0.2, 0.25) is 25.1 Å². The third kappa shape index (κ3) is 10.4. The van der Waals surface area contributed by atoms with Gasteiger partial charge in [-0.25, -0.2) is 4.39 Å². The van der Waals surface area contributed by atoms with Gasteiger partial charge >= 0.3 is 0 Å². The average Bonchev–Trinajstić information content (AvgIpc) is 2.96. The molecule has 0 aromatic heterocycles. The molecule has 0 aliphatic heterocycles. The van der Waals surface area contributed by atoms with Crippen LogP contribution in [-0.4, -0.2) is 53.1 Å². The third-order valence-corrected chi connectivity index (χ3v) is 8.15. The van der Waals surface area contributed by atoms with E-state index >= 15 is 0 Å². The number of halogens is 1. The summed E-state index contributed by atoms with van der Waals surface area (Å²) < 4.78 is 27.0. The van der Waals surface area contributed by atoms with E-state index in [9.17, 15) is 33.0 Å². The molecular formula is C30H32FN4O6P. The molecule has 0 aliphatic rings. The first kappa shape index (κ1) is 31.9. The van der Waals surface area contributed by atoms with Gasteiger partial charge in [-0.15, -0.1) is 0 Å². The van der Waals surface area contributed by atoms with E-state index in [0.717, 1.165) is 17.7 Å². The number of hydrogen-bond acceptors (Lipinski definition) is 5. The van der Waals surface area contributed by atoms with Crippen LogP contribution in [0.4, 0.5) is 4.39 Å². The lowest BCUT2D eigenvalue weighted by Crippen LogP contribution is -2.48. The van der Waals surface area contributed by atoms with E-state index in [1.807, 2.05) is 30.3 Å². The van der Waals surface area contributed by atoms with Gasteiger partial charge in [0.25, 0.3) is 5.91 Å². The normalized spacial score (nSPS) is 13.9. The van der Waals surface area contributed by atoms with Crippen LogP contribution in [0.5, 0.6) is 0 Å². The van der Waals surface area contributed by atoms with Crippen LogP contribution in [0.1, 0.15) is 27.9 Å². The molecule has 220 valence electrons. The van der Waals surface area contributed by atoms with Gasteiger partial charge in [-0.3, -0.25) is 23.7 Å². The van der Waals surface area contributed by atoms with Crippen LogP contribution >= 0.6 is 7.37 Å². The van der Waals surface area contributed by atoms with E-state index in [1.165, 1.54) is 12.1 Å². The van der Waals surface area contributed by atoms with Crippen LogP contribution in [0.3, 0.4) is 0 Å². The van der Waals surface area contributed by atoms with Crippen molar-refractivity contribution in [1.82, 2.24) is 16.0 Å². The Morgan fingerprint density at radius 2 is 1.57 bits per heavy atom. The summed E-state index contributed by atoms with van der Waals surface area (Å²) in [6, 6.07) is 21.6. The first-order valence-electron chi connectivity index (χ1n) is 13.0. The third-order valence-electron chi connectivity index (χ3n) is 6.12. The zero-order valence-corrected chi connectivity index (χ0v) is 23.5. The van der Waals surface area contributed by atoms with Gasteiger partial charge in [-0.2, -0.15) is 0 Å². The van der Waals surface area contributed by atoms with Crippen LogP contribution in [0.25, 0.3) is 6.08 Å². The van der Waals surface area contributed by atoms with Crippen LogP contribution in [-0.2, 0) is 25.4 Å². The number of carbonyl (C=O) groups is 4. The highest BCUT2D eigenvalue weighted by molar-refractivity contribution is 7.59. The zero-order valence-electron chi connectivity index (χ0n) is 22.6. The zero-order chi connectivity index (χ0) is 30.5. The van der Waals surface area contributed by atoms with Gasteiger partial charge in [-0.1, -0.05) is 78.9 Å². The summed E-state index contributed by atoms with van der Waals surface area (Å²) >= 11 is 0.